The summed E-state index contributed by atoms with van der Waals surface area (Å²) < 4.78 is 31.8. The van der Waals surface area contributed by atoms with E-state index in [9.17, 15) is 18.0 Å². The summed E-state index contributed by atoms with van der Waals surface area (Å²) >= 11 is 6.09. The Labute approximate surface area is 248 Å². The van der Waals surface area contributed by atoms with Crippen LogP contribution < -0.4 is 14.4 Å². The normalized spacial score (nSPS) is 11.9. The molecule has 1 N–H and O–H groups in total. The van der Waals surface area contributed by atoms with Crippen LogP contribution in [-0.2, 0) is 32.6 Å². The summed E-state index contributed by atoms with van der Waals surface area (Å²) in [5, 5.41) is 3.53. The van der Waals surface area contributed by atoms with E-state index < -0.39 is 16.1 Å². The van der Waals surface area contributed by atoms with Gasteiger partial charge in [0.05, 0.1) is 19.1 Å². The minimum absolute atomic E-state index is 0.0515. The van der Waals surface area contributed by atoms with E-state index in [1.165, 1.54) is 11.4 Å². The molecular weight excluding hydrogens is 562 g/mol. The van der Waals surface area contributed by atoms with E-state index in [2.05, 4.69) is 5.32 Å². The van der Waals surface area contributed by atoms with E-state index in [-0.39, 0.29) is 37.7 Å². The lowest BCUT2D eigenvalue weighted by atomic mass is 10.0. The highest BCUT2D eigenvalue weighted by molar-refractivity contribution is 7.92. The molecular formula is C31H38ClN3O5S. The van der Waals surface area contributed by atoms with E-state index in [4.69, 9.17) is 16.3 Å². The fourth-order valence-electron chi connectivity index (χ4n) is 4.48. The van der Waals surface area contributed by atoms with Crippen molar-refractivity contribution < 1.29 is 22.7 Å². The molecule has 2 amide bonds. The van der Waals surface area contributed by atoms with Gasteiger partial charge in [-0.05, 0) is 48.2 Å². The van der Waals surface area contributed by atoms with Crippen LogP contribution in [0.2, 0.25) is 5.02 Å². The lowest BCUT2D eigenvalue weighted by Crippen LogP contribution is -2.50. The Morgan fingerprint density at radius 2 is 1.68 bits per heavy atom. The number of halogens is 1. The molecule has 0 aliphatic heterocycles. The van der Waals surface area contributed by atoms with Crippen LogP contribution in [-0.4, -0.2) is 57.6 Å². The number of hydrogen-bond donors (Lipinski definition) is 1. The molecule has 0 heterocycles. The highest BCUT2D eigenvalue weighted by atomic mass is 35.5. The van der Waals surface area contributed by atoms with E-state index >= 15 is 0 Å². The average Bonchev–Trinajstić information content (AvgIpc) is 2.96. The van der Waals surface area contributed by atoms with E-state index in [0.717, 1.165) is 23.8 Å². The number of benzene rings is 3. The largest absolute Gasteiger partial charge is 0.497 e. The second-order valence-electron chi connectivity index (χ2n) is 9.78. The molecule has 0 saturated heterocycles. The first-order valence-corrected chi connectivity index (χ1v) is 15.8. The van der Waals surface area contributed by atoms with Gasteiger partial charge in [-0.2, -0.15) is 0 Å². The summed E-state index contributed by atoms with van der Waals surface area (Å²) in [5.41, 5.74) is 2.22. The van der Waals surface area contributed by atoms with Gasteiger partial charge in [-0.3, -0.25) is 13.9 Å². The summed E-state index contributed by atoms with van der Waals surface area (Å²) in [6.45, 7) is 2.77. The molecule has 8 nitrogen and oxygen atoms in total. The number of nitrogens with zero attached hydrogens (tertiary/aromatic N) is 2. The first-order chi connectivity index (χ1) is 19.6. The number of rotatable bonds is 15. The zero-order valence-electron chi connectivity index (χ0n) is 23.8. The highest BCUT2D eigenvalue weighted by Crippen LogP contribution is 2.24. The molecule has 10 heteroatoms. The van der Waals surface area contributed by atoms with Crippen molar-refractivity contribution in [1.29, 1.82) is 0 Å². The molecule has 0 aromatic heterocycles. The Kier molecular flexibility index (Phi) is 12.0. The molecule has 0 radical (unpaired) electrons. The van der Waals surface area contributed by atoms with Crippen molar-refractivity contribution in [2.45, 2.75) is 45.2 Å². The Balaban J connectivity index is 1.86. The summed E-state index contributed by atoms with van der Waals surface area (Å²) in [4.78, 5) is 28.8. The standard InChI is InChI=1S/C31H38ClN3O5S/c1-4-19-33-31(37)29(21-24-10-6-5-7-11-24)34(23-25-15-17-26(32)18-16-25)30(36)14-9-20-35(41(3,38)39)27-12-8-13-28(22-27)40-2/h5-8,10-13,15-18,22,29H,4,9,14,19-21,23H2,1-3H3,(H,33,37)/t29-/m0/s1. The summed E-state index contributed by atoms with van der Waals surface area (Å²) in [7, 11) is -2.10. The summed E-state index contributed by atoms with van der Waals surface area (Å²) in [5.74, 6) is 0.0574. The predicted molar refractivity (Wildman–Crippen MR) is 164 cm³/mol. The van der Waals surface area contributed by atoms with Gasteiger partial charge in [0.1, 0.15) is 11.8 Å². The molecule has 3 rings (SSSR count). The molecule has 0 aliphatic carbocycles. The monoisotopic (exact) mass is 599 g/mol. The SMILES string of the molecule is CCCNC(=O)[C@H](Cc1ccccc1)N(Cc1ccc(Cl)cc1)C(=O)CCCN(c1cccc(OC)c1)S(C)(=O)=O. The second kappa shape index (κ2) is 15.4. The van der Waals surface area contributed by atoms with Crippen molar-refractivity contribution in [1.82, 2.24) is 10.2 Å². The number of hydrogen-bond acceptors (Lipinski definition) is 5. The second-order valence-corrected chi connectivity index (χ2v) is 12.1. The number of anilines is 1. The third kappa shape index (κ3) is 9.79. The molecule has 41 heavy (non-hydrogen) atoms. The van der Waals surface area contributed by atoms with Crippen molar-refractivity contribution in [3.05, 3.63) is 95.0 Å². The summed E-state index contributed by atoms with van der Waals surface area (Å²) in [6, 6.07) is 22.8. The Morgan fingerprint density at radius 1 is 0.976 bits per heavy atom. The Hall–Kier alpha value is -3.56. The van der Waals surface area contributed by atoms with Gasteiger partial charge in [-0.25, -0.2) is 8.42 Å². The van der Waals surface area contributed by atoms with Crippen LogP contribution in [0.1, 0.15) is 37.3 Å². The number of carbonyl (C=O) groups excluding carboxylic acids is 2. The van der Waals surface area contributed by atoms with Gasteiger partial charge in [0.25, 0.3) is 0 Å². The number of methoxy groups -OCH3 is 1. The third-order valence-corrected chi connectivity index (χ3v) is 8.03. The first kappa shape index (κ1) is 32.0. The molecule has 0 bridgehead atoms. The fourth-order valence-corrected chi connectivity index (χ4v) is 5.56. The van der Waals surface area contributed by atoms with Crippen molar-refractivity contribution >= 4 is 39.1 Å². The Morgan fingerprint density at radius 3 is 2.32 bits per heavy atom. The minimum atomic E-state index is -3.62. The van der Waals surface area contributed by atoms with Gasteiger partial charge in [0.2, 0.25) is 21.8 Å². The van der Waals surface area contributed by atoms with Crippen molar-refractivity contribution in [2.75, 3.05) is 30.8 Å². The molecule has 0 aliphatic rings. The van der Waals surface area contributed by atoms with Crippen LogP contribution in [0.25, 0.3) is 0 Å². The molecule has 220 valence electrons. The maximum atomic E-state index is 13.8. The van der Waals surface area contributed by atoms with Gasteiger partial charge in [-0.1, -0.05) is 67.1 Å². The minimum Gasteiger partial charge on any atom is -0.497 e. The van der Waals surface area contributed by atoms with Crippen LogP contribution in [0.15, 0.2) is 78.9 Å². The third-order valence-electron chi connectivity index (χ3n) is 6.58. The molecule has 0 spiro atoms. The quantitative estimate of drug-likeness (QED) is 0.263. The maximum Gasteiger partial charge on any atom is 0.243 e. The zero-order valence-corrected chi connectivity index (χ0v) is 25.3. The fraction of sp³-hybridized carbons (Fsp3) is 0.355. The van der Waals surface area contributed by atoms with Crippen LogP contribution >= 0.6 is 11.6 Å². The highest BCUT2D eigenvalue weighted by Gasteiger charge is 2.30. The van der Waals surface area contributed by atoms with Crippen LogP contribution in [0.3, 0.4) is 0 Å². The van der Waals surface area contributed by atoms with Crippen molar-refractivity contribution in [2.24, 2.45) is 0 Å². The zero-order chi connectivity index (χ0) is 29.8. The van der Waals surface area contributed by atoms with Gasteiger partial charge in [0.15, 0.2) is 0 Å². The topological polar surface area (TPSA) is 96.0 Å². The lowest BCUT2D eigenvalue weighted by Gasteiger charge is -2.32. The van der Waals surface area contributed by atoms with Crippen molar-refractivity contribution in [3.63, 3.8) is 0 Å². The van der Waals surface area contributed by atoms with E-state index in [1.54, 1.807) is 41.3 Å². The maximum absolute atomic E-state index is 13.8. The molecule has 0 fully saturated rings. The number of nitrogens with one attached hydrogen (secondary N) is 1. The van der Waals surface area contributed by atoms with Gasteiger partial charge >= 0.3 is 0 Å². The molecule has 3 aromatic rings. The average molecular weight is 600 g/mol. The van der Waals surface area contributed by atoms with Crippen LogP contribution in [0, 0.1) is 0 Å². The molecule has 1 atom stereocenters. The number of ether oxygens (including phenoxy) is 1. The number of sulfonamides is 1. The summed E-state index contributed by atoms with van der Waals surface area (Å²) in [6.07, 6.45) is 2.55. The van der Waals surface area contributed by atoms with E-state index in [0.29, 0.717) is 29.4 Å². The predicted octanol–water partition coefficient (Wildman–Crippen LogP) is 5.06. The number of carbonyl (C=O) groups is 2. The number of amides is 2. The van der Waals surface area contributed by atoms with Crippen LogP contribution in [0.4, 0.5) is 5.69 Å². The lowest BCUT2D eigenvalue weighted by molar-refractivity contribution is -0.141. The Bertz CT molecular complexity index is 1380. The van der Waals surface area contributed by atoms with Crippen LogP contribution in [0.5, 0.6) is 5.75 Å². The first-order valence-electron chi connectivity index (χ1n) is 13.6. The smallest absolute Gasteiger partial charge is 0.243 e. The van der Waals surface area contributed by atoms with E-state index in [1.807, 2.05) is 49.4 Å². The van der Waals surface area contributed by atoms with Gasteiger partial charge in [0, 0.05) is 43.6 Å². The molecule has 0 unspecified atom stereocenters. The van der Waals surface area contributed by atoms with Crippen molar-refractivity contribution in [3.8, 4) is 5.75 Å². The molecule has 3 aromatic carbocycles. The van der Waals surface area contributed by atoms with Gasteiger partial charge < -0.3 is 15.0 Å². The molecule has 0 saturated carbocycles. The van der Waals surface area contributed by atoms with Gasteiger partial charge in [-0.15, -0.1) is 0 Å².